The van der Waals surface area contributed by atoms with Gasteiger partial charge < -0.3 is 5.73 Å². The molecule has 0 radical (unpaired) electrons. The second-order valence-corrected chi connectivity index (χ2v) is 4.22. The highest BCUT2D eigenvalue weighted by molar-refractivity contribution is 5.78. The number of anilines is 1. The molecule has 3 heteroatoms. The van der Waals surface area contributed by atoms with Crippen molar-refractivity contribution in [1.29, 1.82) is 0 Å². The number of fused-ring (bicyclic) bond motifs is 1. The summed E-state index contributed by atoms with van der Waals surface area (Å²) in [6, 6.07) is 16.1. The molecular formula is C15H13N3. The molecule has 0 aliphatic rings. The molecule has 0 fully saturated rings. The second-order valence-electron chi connectivity index (χ2n) is 4.22. The summed E-state index contributed by atoms with van der Waals surface area (Å²) in [6.07, 6.45) is 2.41. The normalized spacial score (nSPS) is 10.7. The lowest BCUT2D eigenvalue weighted by Crippen LogP contribution is -1.99. The molecule has 0 amide bonds. The van der Waals surface area contributed by atoms with E-state index in [1.807, 2.05) is 36.4 Å². The predicted octanol–water partition coefficient (Wildman–Crippen LogP) is 2.80. The Bertz CT molecular complexity index is 692. The number of nitrogen functional groups attached to an aromatic ring is 1. The molecule has 0 atom stereocenters. The number of rotatable bonds is 2. The molecular weight excluding hydrogens is 222 g/mol. The molecule has 3 nitrogen and oxygen atoms in total. The molecule has 0 aliphatic heterocycles. The molecule has 0 saturated heterocycles. The van der Waals surface area contributed by atoms with E-state index in [1.165, 1.54) is 0 Å². The van der Waals surface area contributed by atoms with Crippen LogP contribution < -0.4 is 5.73 Å². The van der Waals surface area contributed by atoms with Gasteiger partial charge in [0.1, 0.15) is 5.82 Å². The zero-order valence-corrected chi connectivity index (χ0v) is 9.88. The number of nitrogens with zero attached hydrogens (tertiary/aromatic N) is 2. The highest BCUT2D eigenvalue weighted by Crippen LogP contribution is 2.16. The lowest BCUT2D eigenvalue weighted by Gasteiger charge is -2.05. The standard InChI is InChI=1S/C15H13N3/c16-15-12(5-3-9-17-15)10-13-8-7-11-4-1-2-6-14(11)18-13/h1-9H,10H2,(H2,16,17). The fraction of sp³-hybridized carbons (Fsp3) is 0.0667. The van der Waals surface area contributed by atoms with Crippen LogP contribution in [0.3, 0.4) is 0 Å². The van der Waals surface area contributed by atoms with Crippen LogP contribution in [0.25, 0.3) is 10.9 Å². The SMILES string of the molecule is Nc1ncccc1Cc1ccc2ccccc2n1. The summed E-state index contributed by atoms with van der Waals surface area (Å²) in [5.41, 5.74) is 8.88. The molecule has 2 aromatic heterocycles. The number of hydrogen-bond donors (Lipinski definition) is 1. The first-order valence-corrected chi connectivity index (χ1v) is 5.87. The van der Waals surface area contributed by atoms with Gasteiger partial charge in [-0.25, -0.2) is 4.98 Å². The van der Waals surface area contributed by atoms with Crippen LogP contribution in [0, 0.1) is 0 Å². The molecule has 0 unspecified atom stereocenters. The van der Waals surface area contributed by atoms with Crippen molar-refractivity contribution in [3.63, 3.8) is 0 Å². The Labute approximate surface area is 105 Å². The van der Waals surface area contributed by atoms with Crippen LogP contribution >= 0.6 is 0 Å². The fourth-order valence-electron chi connectivity index (χ4n) is 2.00. The molecule has 0 aliphatic carbocycles. The Morgan fingerprint density at radius 2 is 1.83 bits per heavy atom. The number of aromatic nitrogens is 2. The molecule has 18 heavy (non-hydrogen) atoms. The van der Waals surface area contributed by atoms with Gasteiger partial charge in [-0.05, 0) is 18.2 Å². The zero-order chi connectivity index (χ0) is 12.4. The maximum Gasteiger partial charge on any atom is 0.126 e. The summed E-state index contributed by atoms with van der Waals surface area (Å²) in [5.74, 6) is 0.576. The van der Waals surface area contributed by atoms with E-state index in [0.717, 1.165) is 22.2 Å². The third-order valence-electron chi connectivity index (χ3n) is 2.95. The van der Waals surface area contributed by atoms with E-state index in [-0.39, 0.29) is 0 Å². The van der Waals surface area contributed by atoms with Crippen molar-refractivity contribution in [2.24, 2.45) is 0 Å². The average Bonchev–Trinajstić information content (AvgIpc) is 2.41. The van der Waals surface area contributed by atoms with Crippen molar-refractivity contribution >= 4 is 16.7 Å². The predicted molar refractivity (Wildman–Crippen MR) is 73.2 cm³/mol. The number of pyridine rings is 2. The third-order valence-corrected chi connectivity index (χ3v) is 2.95. The van der Waals surface area contributed by atoms with E-state index in [2.05, 4.69) is 22.1 Å². The van der Waals surface area contributed by atoms with Gasteiger partial charge in [0, 0.05) is 29.3 Å². The van der Waals surface area contributed by atoms with E-state index >= 15 is 0 Å². The van der Waals surface area contributed by atoms with Gasteiger partial charge in [-0.15, -0.1) is 0 Å². The van der Waals surface area contributed by atoms with Crippen molar-refractivity contribution in [2.45, 2.75) is 6.42 Å². The molecule has 88 valence electrons. The van der Waals surface area contributed by atoms with E-state index in [0.29, 0.717) is 12.2 Å². The Kier molecular flexibility index (Phi) is 2.65. The van der Waals surface area contributed by atoms with Crippen LogP contribution in [0.5, 0.6) is 0 Å². The second kappa shape index (κ2) is 4.45. The Morgan fingerprint density at radius 3 is 2.72 bits per heavy atom. The molecule has 2 N–H and O–H groups in total. The first kappa shape index (κ1) is 10.7. The van der Waals surface area contributed by atoms with Gasteiger partial charge in [0.25, 0.3) is 0 Å². The van der Waals surface area contributed by atoms with Gasteiger partial charge in [-0.1, -0.05) is 30.3 Å². The smallest absolute Gasteiger partial charge is 0.126 e. The van der Waals surface area contributed by atoms with Gasteiger partial charge in [0.2, 0.25) is 0 Å². The average molecular weight is 235 g/mol. The molecule has 2 heterocycles. The summed E-state index contributed by atoms with van der Waals surface area (Å²) < 4.78 is 0. The maximum atomic E-state index is 5.84. The number of nitrogens with two attached hydrogens (primary N) is 1. The van der Waals surface area contributed by atoms with E-state index in [4.69, 9.17) is 5.73 Å². The van der Waals surface area contributed by atoms with Gasteiger partial charge >= 0.3 is 0 Å². The Balaban J connectivity index is 1.98. The van der Waals surface area contributed by atoms with Crippen LogP contribution in [-0.2, 0) is 6.42 Å². The van der Waals surface area contributed by atoms with E-state index in [9.17, 15) is 0 Å². The van der Waals surface area contributed by atoms with Crippen molar-refractivity contribution in [1.82, 2.24) is 9.97 Å². The quantitative estimate of drug-likeness (QED) is 0.743. The Hall–Kier alpha value is -2.42. The van der Waals surface area contributed by atoms with Gasteiger partial charge in [0.15, 0.2) is 0 Å². The molecule has 1 aromatic carbocycles. The summed E-state index contributed by atoms with van der Waals surface area (Å²) in [7, 11) is 0. The minimum absolute atomic E-state index is 0.576. The highest BCUT2D eigenvalue weighted by atomic mass is 14.8. The number of hydrogen-bond acceptors (Lipinski definition) is 3. The largest absolute Gasteiger partial charge is 0.383 e. The van der Waals surface area contributed by atoms with Crippen LogP contribution in [0.4, 0.5) is 5.82 Å². The number of benzene rings is 1. The highest BCUT2D eigenvalue weighted by Gasteiger charge is 2.03. The minimum atomic E-state index is 0.576. The first-order valence-electron chi connectivity index (χ1n) is 5.87. The molecule has 3 rings (SSSR count). The maximum absolute atomic E-state index is 5.84. The van der Waals surface area contributed by atoms with Gasteiger partial charge in [-0.2, -0.15) is 0 Å². The Morgan fingerprint density at radius 1 is 0.944 bits per heavy atom. The summed E-state index contributed by atoms with van der Waals surface area (Å²) in [4.78, 5) is 8.72. The summed E-state index contributed by atoms with van der Waals surface area (Å²) >= 11 is 0. The number of para-hydroxylation sites is 1. The van der Waals surface area contributed by atoms with Crippen molar-refractivity contribution in [3.05, 3.63) is 66.0 Å². The molecule has 0 spiro atoms. The van der Waals surface area contributed by atoms with Gasteiger partial charge in [-0.3, -0.25) is 4.98 Å². The van der Waals surface area contributed by atoms with E-state index < -0.39 is 0 Å². The molecule has 0 saturated carbocycles. The summed E-state index contributed by atoms with van der Waals surface area (Å²) in [5, 5.41) is 1.15. The molecule has 3 aromatic rings. The van der Waals surface area contributed by atoms with Crippen LogP contribution in [0.1, 0.15) is 11.3 Å². The first-order chi connectivity index (χ1) is 8.83. The van der Waals surface area contributed by atoms with Gasteiger partial charge in [0.05, 0.1) is 5.52 Å². The van der Waals surface area contributed by atoms with Crippen molar-refractivity contribution < 1.29 is 0 Å². The van der Waals surface area contributed by atoms with Crippen molar-refractivity contribution in [2.75, 3.05) is 5.73 Å². The van der Waals surface area contributed by atoms with E-state index in [1.54, 1.807) is 6.20 Å². The fourth-order valence-corrected chi connectivity index (χ4v) is 2.00. The molecule has 0 bridgehead atoms. The zero-order valence-electron chi connectivity index (χ0n) is 9.88. The third kappa shape index (κ3) is 2.02. The van der Waals surface area contributed by atoms with Crippen LogP contribution in [-0.4, -0.2) is 9.97 Å². The van der Waals surface area contributed by atoms with Crippen LogP contribution in [0.15, 0.2) is 54.7 Å². The van der Waals surface area contributed by atoms with Crippen LogP contribution in [0.2, 0.25) is 0 Å². The lowest BCUT2D eigenvalue weighted by atomic mass is 10.1. The monoisotopic (exact) mass is 235 g/mol. The summed E-state index contributed by atoms with van der Waals surface area (Å²) in [6.45, 7) is 0. The van der Waals surface area contributed by atoms with Crippen molar-refractivity contribution in [3.8, 4) is 0 Å². The minimum Gasteiger partial charge on any atom is -0.383 e. The lowest BCUT2D eigenvalue weighted by molar-refractivity contribution is 1.08. The topological polar surface area (TPSA) is 51.8 Å².